The van der Waals surface area contributed by atoms with Crippen LogP contribution in [0.4, 0.5) is 5.00 Å². The fourth-order valence-electron chi connectivity index (χ4n) is 1.43. The Morgan fingerprint density at radius 2 is 2.20 bits per heavy atom. The number of nitrogens with zero attached hydrogens (tertiary/aromatic N) is 1. The lowest BCUT2D eigenvalue weighted by Gasteiger charge is -2.11. The van der Waals surface area contributed by atoms with E-state index in [1.165, 1.54) is 10.1 Å². The van der Waals surface area contributed by atoms with E-state index in [0.29, 0.717) is 6.54 Å². The quantitative estimate of drug-likeness (QED) is 0.569. The average molecular weight is 217 g/mol. The molecule has 0 bridgehead atoms. The van der Waals surface area contributed by atoms with Gasteiger partial charge in [0.2, 0.25) is 6.41 Å². The third-order valence-electron chi connectivity index (χ3n) is 2.15. The van der Waals surface area contributed by atoms with Gasteiger partial charge in [-0.3, -0.25) is 4.79 Å². The summed E-state index contributed by atoms with van der Waals surface area (Å²) in [6.45, 7) is 4.18. The molecule has 76 valence electrons. The van der Waals surface area contributed by atoms with Gasteiger partial charge in [-0.25, -0.2) is 0 Å². The highest BCUT2D eigenvalue weighted by atomic mass is 32.1. The third kappa shape index (κ3) is 1.92. The zero-order chi connectivity index (χ0) is 10.7. The number of fused-ring (bicyclic) bond motifs is 1. The standard InChI is InChI=1S/C12H11NOS/c1-2-7-13(9-14)12-8-10-5-3-4-6-11(10)15-12/h2-6,8-9H,1,7H2. The summed E-state index contributed by atoms with van der Waals surface area (Å²) in [6.07, 6.45) is 2.56. The van der Waals surface area contributed by atoms with Crippen LogP contribution in [0.5, 0.6) is 0 Å². The first-order chi connectivity index (χ1) is 7.35. The van der Waals surface area contributed by atoms with Gasteiger partial charge < -0.3 is 4.90 Å². The van der Waals surface area contributed by atoms with E-state index in [-0.39, 0.29) is 0 Å². The smallest absolute Gasteiger partial charge is 0.215 e. The van der Waals surface area contributed by atoms with Gasteiger partial charge >= 0.3 is 0 Å². The Balaban J connectivity index is 2.42. The van der Waals surface area contributed by atoms with Crippen molar-refractivity contribution in [2.45, 2.75) is 0 Å². The minimum absolute atomic E-state index is 0.552. The van der Waals surface area contributed by atoms with E-state index >= 15 is 0 Å². The number of thiophene rings is 1. The fraction of sp³-hybridized carbons (Fsp3) is 0.0833. The van der Waals surface area contributed by atoms with Gasteiger partial charge in [0.25, 0.3) is 0 Å². The molecular weight excluding hydrogens is 206 g/mol. The SMILES string of the molecule is C=CCN(C=O)c1cc2ccccc2s1. The minimum Gasteiger partial charge on any atom is -0.303 e. The molecule has 0 aliphatic rings. The summed E-state index contributed by atoms with van der Waals surface area (Å²) in [5, 5.41) is 2.14. The van der Waals surface area contributed by atoms with Gasteiger partial charge in [-0.1, -0.05) is 24.3 Å². The second-order valence-corrected chi connectivity index (χ2v) is 4.23. The zero-order valence-electron chi connectivity index (χ0n) is 8.22. The molecule has 0 saturated carbocycles. The number of anilines is 1. The normalized spacial score (nSPS) is 10.1. The summed E-state index contributed by atoms with van der Waals surface area (Å²) in [4.78, 5) is 12.5. The highest BCUT2D eigenvalue weighted by molar-refractivity contribution is 7.22. The van der Waals surface area contributed by atoms with Crippen LogP contribution in [0.1, 0.15) is 0 Å². The molecule has 0 unspecified atom stereocenters. The summed E-state index contributed by atoms with van der Waals surface area (Å²) in [6, 6.07) is 10.1. The van der Waals surface area contributed by atoms with Gasteiger partial charge in [0.15, 0.2) is 0 Å². The predicted octanol–water partition coefficient (Wildman–Crippen LogP) is 3.05. The molecule has 2 aromatic rings. The van der Waals surface area contributed by atoms with Crippen molar-refractivity contribution in [1.82, 2.24) is 0 Å². The predicted molar refractivity (Wildman–Crippen MR) is 65.4 cm³/mol. The lowest BCUT2D eigenvalue weighted by molar-refractivity contribution is -0.107. The lowest BCUT2D eigenvalue weighted by atomic mass is 10.3. The van der Waals surface area contributed by atoms with E-state index in [1.54, 1.807) is 22.3 Å². The first-order valence-electron chi connectivity index (χ1n) is 4.66. The van der Waals surface area contributed by atoms with E-state index in [9.17, 15) is 4.79 Å². The number of benzene rings is 1. The highest BCUT2D eigenvalue weighted by Gasteiger charge is 2.07. The Labute approximate surface area is 92.4 Å². The van der Waals surface area contributed by atoms with Crippen molar-refractivity contribution in [2.75, 3.05) is 11.4 Å². The van der Waals surface area contributed by atoms with Gasteiger partial charge in [-0.15, -0.1) is 17.9 Å². The molecular formula is C12H11NOS. The maximum absolute atomic E-state index is 10.9. The third-order valence-corrected chi connectivity index (χ3v) is 3.30. The summed E-state index contributed by atoms with van der Waals surface area (Å²) < 4.78 is 1.20. The first kappa shape index (κ1) is 9.93. The summed E-state index contributed by atoms with van der Waals surface area (Å²) in [5.41, 5.74) is 0. The topological polar surface area (TPSA) is 20.3 Å². The van der Waals surface area contributed by atoms with Gasteiger partial charge in [-0.05, 0) is 17.5 Å². The molecule has 0 aliphatic carbocycles. The van der Waals surface area contributed by atoms with Crippen molar-refractivity contribution in [3.05, 3.63) is 43.0 Å². The largest absolute Gasteiger partial charge is 0.303 e. The lowest BCUT2D eigenvalue weighted by Crippen LogP contribution is -2.19. The molecule has 0 aliphatic heterocycles. The van der Waals surface area contributed by atoms with Crippen LogP contribution in [0.3, 0.4) is 0 Å². The number of amides is 1. The second-order valence-electron chi connectivity index (χ2n) is 3.17. The molecule has 0 fully saturated rings. The molecule has 0 N–H and O–H groups in total. The summed E-state index contributed by atoms with van der Waals surface area (Å²) in [7, 11) is 0. The molecule has 1 amide bonds. The summed E-state index contributed by atoms with van der Waals surface area (Å²) in [5.74, 6) is 0. The molecule has 1 heterocycles. The first-order valence-corrected chi connectivity index (χ1v) is 5.48. The van der Waals surface area contributed by atoms with Crippen molar-refractivity contribution in [2.24, 2.45) is 0 Å². The average Bonchev–Trinajstić information content (AvgIpc) is 2.69. The summed E-state index contributed by atoms with van der Waals surface area (Å²) >= 11 is 1.62. The van der Waals surface area contributed by atoms with E-state index in [2.05, 4.69) is 12.6 Å². The number of hydrogen-bond donors (Lipinski definition) is 0. The molecule has 2 rings (SSSR count). The van der Waals surface area contributed by atoms with Crippen LogP contribution in [0.15, 0.2) is 43.0 Å². The van der Waals surface area contributed by atoms with Crippen molar-refractivity contribution in [1.29, 1.82) is 0 Å². The monoisotopic (exact) mass is 217 g/mol. The molecule has 0 spiro atoms. The number of carbonyl (C=O) groups excluding carboxylic acids is 1. The Morgan fingerprint density at radius 3 is 2.87 bits per heavy atom. The van der Waals surface area contributed by atoms with Crippen LogP contribution in [-0.2, 0) is 4.79 Å². The van der Waals surface area contributed by atoms with Crippen molar-refractivity contribution in [3.8, 4) is 0 Å². The number of rotatable bonds is 4. The Morgan fingerprint density at radius 1 is 1.40 bits per heavy atom. The maximum Gasteiger partial charge on any atom is 0.215 e. The minimum atomic E-state index is 0.552. The Hall–Kier alpha value is -1.61. The van der Waals surface area contributed by atoms with Crippen LogP contribution in [0, 0.1) is 0 Å². The van der Waals surface area contributed by atoms with E-state index in [1.807, 2.05) is 24.3 Å². The highest BCUT2D eigenvalue weighted by Crippen LogP contribution is 2.31. The van der Waals surface area contributed by atoms with Crippen LogP contribution < -0.4 is 4.90 Å². The fourth-order valence-corrected chi connectivity index (χ4v) is 2.47. The second kappa shape index (κ2) is 4.28. The van der Waals surface area contributed by atoms with Gasteiger partial charge in [0.05, 0.1) is 5.00 Å². The number of hydrogen-bond acceptors (Lipinski definition) is 2. The molecule has 3 heteroatoms. The molecule has 0 radical (unpaired) electrons. The van der Waals surface area contributed by atoms with Crippen molar-refractivity contribution in [3.63, 3.8) is 0 Å². The van der Waals surface area contributed by atoms with Crippen LogP contribution >= 0.6 is 11.3 Å². The van der Waals surface area contributed by atoms with Gasteiger partial charge in [-0.2, -0.15) is 0 Å². The molecule has 2 nitrogen and oxygen atoms in total. The molecule has 1 aromatic carbocycles. The zero-order valence-corrected chi connectivity index (χ0v) is 9.04. The van der Waals surface area contributed by atoms with E-state index < -0.39 is 0 Å². The molecule has 0 atom stereocenters. The van der Waals surface area contributed by atoms with E-state index in [4.69, 9.17) is 0 Å². The van der Waals surface area contributed by atoms with Gasteiger partial charge in [0, 0.05) is 11.2 Å². The molecule has 1 aromatic heterocycles. The Kier molecular flexibility index (Phi) is 2.83. The van der Waals surface area contributed by atoms with Crippen LogP contribution in [0.25, 0.3) is 10.1 Å². The Bertz CT molecular complexity index is 456. The van der Waals surface area contributed by atoms with Gasteiger partial charge in [0.1, 0.15) is 0 Å². The van der Waals surface area contributed by atoms with E-state index in [0.717, 1.165) is 11.4 Å². The van der Waals surface area contributed by atoms with Crippen molar-refractivity contribution < 1.29 is 4.79 Å². The number of carbonyl (C=O) groups is 1. The maximum atomic E-state index is 10.9. The molecule has 15 heavy (non-hydrogen) atoms. The van der Waals surface area contributed by atoms with Crippen LogP contribution in [0.2, 0.25) is 0 Å². The van der Waals surface area contributed by atoms with Crippen LogP contribution in [-0.4, -0.2) is 13.0 Å². The van der Waals surface area contributed by atoms with Crippen molar-refractivity contribution >= 4 is 32.8 Å². The molecule has 0 saturated heterocycles.